The molecule has 0 fully saturated rings. The second-order valence-electron chi connectivity index (χ2n) is 6.04. The van der Waals surface area contributed by atoms with E-state index in [1.165, 1.54) is 35.4 Å². The minimum Gasteiger partial charge on any atom is -0.496 e. The zero-order valence-corrected chi connectivity index (χ0v) is 14.4. The van der Waals surface area contributed by atoms with Crippen LogP contribution in [0.15, 0.2) is 35.7 Å². The van der Waals surface area contributed by atoms with E-state index in [0.717, 1.165) is 25.1 Å². The molecule has 0 saturated carbocycles. The highest BCUT2D eigenvalue weighted by atomic mass is 32.1. The summed E-state index contributed by atoms with van der Waals surface area (Å²) in [4.78, 5) is 4.15. The molecule has 118 valence electrons. The molecule has 0 radical (unpaired) electrons. The van der Waals surface area contributed by atoms with E-state index in [0.29, 0.717) is 6.04 Å². The maximum Gasteiger partial charge on any atom is 0.122 e. The summed E-state index contributed by atoms with van der Waals surface area (Å²) in [6, 6.07) is 11.6. The molecule has 22 heavy (non-hydrogen) atoms. The van der Waals surface area contributed by atoms with Crippen LogP contribution in [0.5, 0.6) is 5.75 Å². The van der Waals surface area contributed by atoms with Crippen LogP contribution in [0.4, 0.5) is 0 Å². The number of methoxy groups -OCH3 is 1. The van der Waals surface area contributed by atoms with Gasteiger partial charge in [-0.25, -0.2) is 0 Å². The first-order chi connectivity index (χ1) is 10.8. The summed E-state index contributed by atoms with van der Waals surface area (Å²) in [5.41, 5.74) is 2.90. The van der Waals surface area contributed by atoms with Gasteiger partial charge in [-0.05, 0) is 60.9 Å². The van der Waals surface area contributed by atoms with Gasteiger partial charge in [0, 0.05) is 17.5 Å². The van der Waals surface area contributed by atoms with Crippen molar-refractivity contribution in [2.45, 2.75) is 45.2 Å². The van der Waals surface area contributed by atoms with Crippen molar-refractivity contribution >= 4 is 11.3 Å². The number of nitrogens with zero attached hydrogens (tertiary/aromatic N) is 1. The number of fused-ring (bicyclic) bond motifs is 1. The van der Waals surface area contributed by atoms with Gasteiger partial charge >= 0.3 is 0 Å². The van der Waals surface area contributed by atoms with Gasteiger partial charge in [0.25, 0.3) is 0 Å². The summed E-state index contributed by atoms with van der Waals surface area (Å²) in [5.74, 6) is 1.07. The van der Waals surface area contributed by atoms with Crippen molar-refractivity contribution in [1.29, 1.82) is 0 Å². The summed E-state index contributed by atoms with van der Waals surface area (Å²) < 4.78 is 5.53. The molecule has 0 N–H and O–H groups in total. The molecule has 1 aromatic heterocycles. The van der Waals surface area contributed by atoms with Crippen LogP contribution in [-0.4, -0.2) is 24.6 Å². The highest BCUT2D eigenvalue weighted by molar-refractivity contribution is 7.09. The lowest BCUT2D eigenvalue weighted by Crippen LogP contribution is -2.39. The number of hydrogen-bond acceptors (Lipinski definition) is 3. The normalized spacial score (nSPS) is 17.5. The standard InChI is InChI=1S/C19H25NOS/c1-3-11-20(14-17-7-5-12-22-17)16-9-10-18-15(13-16)6-4-8-19(18)21-2/h4-8,12,16H,3,9-11,13-14H2,1-2H3/t16-/m1/s1. The van der Waals surface area contributed by atoms with Crippen molar-refractivity contribution in [2.24, 2.45) is 0 Å². The van der Waals surface area contributed by atoms with E-state index >= 15 is 0 Å². The molecule has 1 atom stereocenters. The van der Waals surface area contributed by atoms with Crippen LogP contribution < -0.4 is 4.74 Å². The van der Waals surface area contributed by atoms with E-state index < -0.39 is 0 Å². The predicted molar refractivity (Wildman–Crippen MR) is 93.8 cm³/mol. The van der Waals surface area contributed by atoms with E-state index in [2.05, 4.69) is 47.5 Å². The molecule has 2 aromatic rings. The van der Waals surface area contributed by atoms with Gasteiger partial charge in [-0.15, -0.1) is 11.3 Å². The SMILES string of the molecule is CCCN(Cc1cccs1)[C@@H]1CCc2c(cccc2OC)C1. The van der Waals surface area contributed by atoms with Gasteiger partial charge in [-0.3, -0.25) is 4.90 Å². The van der Waals surface area contributed by atoms with Crippen molar-refractivity contribution in [2.75, 3.05) is 13.7 Å². The van der Waals surface area contributed by atoms with E-state index in [4.69, 9.17) is 4.74 Å². The summed E-state index contributed by atoms with van der Waals surface area (Å²) in [6.45, 7) is 4.55. The lowest BCUT2D eigenvalue weighted by atomic mass is 9.86. The van der Waals surface area contributed by atoms with Crippen molar-refractivity contribution < 1.29 is 4.74 Å². The van der Waals surface area contributed by atoms with Gasteiger partial charge in [0.05, 0.1) is 7.11 Å². The van der Waals surface area contributed by atoms with Crippen molar-refractivity contribution in [3.63, 3.8) is 0 Å². The summed E-state index contributed by atoms with van der Waals surface area (Å²) in [7, 11) is 1.78. The lowest BCUT2D eigenvalue weighted by Gasteiger charge is -2.35. The summed E-state index contributed by atoms with van der Waals surface area (Å²) in [6.07, 6.45) is 4.73. The molecule has 1 aliphatic carbocycles. The van der Waals surface area contributed by atoms with Crippen LogP contribution in [0.3, 0.4) is 0 Å². The molecule has 0 bridgehead atoms. The average Bonchev–Trinajstić information content (AvgIpc) is 3.06. The zero-order chi connectivity index (χ0) is 15.4. The number of rotatable bonds is 6. The molecule has 1 aliphatic rings. The Kier molecular flexibility index (Phi) is 5.16. The third kappa shape index (κ3) is 3.36. The minimum absolute atomic E-state index is 0.654. The molecule has 0 saturated heterocycles. The number of thiophene rings is 1. The number of hydrogen-bond donors (Lipinski definition) is 0. The predicted octanol–water partition coefficient (Wildman–Crippen LogP) is 4.53. The average molecular weight is 315 g/mol. The zero-order valence-electron chi connectivity index (χ0n) is 13.5. The molecule has 0 amide bonds. The third-order valence-corrected chi connectivity index (χ3v) is 5.46. The molecule has 0 unspecified atom stereocenters. The lowest BCUT2D eigenvalue weighted by molar-refractivity contribution is 0.172. The van der Waals surface area contributed by atoms with Gasteiger partial charge in [-0.1, -0.05) is 25.1 Å². The van der Waals surface area contributed by atoms with Gasteiger partial charge in [0.1, 0.15) is 5.75 Å². The Labute approximate surface area is 137 Å². The largest absolute Gasteiger partial charge is 0.496 e. The maximum atomic E-state index is 5.53. The van der Waals surface area contributed by atoms with Crippen LogP contribution >= 0.6 is 11.3 Å². The Morgan fingerprint density at radius 3 is 2.91 bits per heavy atom. The smallest absolute Gasteiger partial charge is 0.122 e. The number of ether oxygens (including phenoxy) is 1. The van der Waals surface area contributed by atoms with Gasteiger partial charge in [0.2, 0.25) is 0 Å². The maximum absolute atomic E-state index is 5.53. The quantitative estimate of drug-likeness (QED) is 0.777. The molecule has 1 heterocycles. The molecule has 0 aliphatic heterocycles. The topological polar surface area (TPSA) is 12.5 Å². The molecule has 3 rings (SSSR count). The van der Waals surface area contributed by atoms with E-state index in [-0.39, 0.29) is 0 Å². The summed E-state index contributed by atoms with van der Waals surface area (Å²) in [5, 5.41) is 2.18. The van der Waals surface area contributed by atoms with E-state index in [9.17, 15) is 0 Å². The summed E-state index contributed by atoms with van der Waals surface area (Å²) >= 11 is 1.87. The monoisotopic (exact) mass is 315 g/mol. The molecular weight excluding hydrogens is 290 g/mol. The van der Waals surface area contributed by atoms with Crippen LogP contribution in [-0.2, 0) is 19.4 Å². The highest BCUT2D eigenvalue weighted by Crippen LogP contribution is 2.32. The fourth-order valence-corrected chi connectivity index (χ4v) is 4.27. The first kappa shape index (κ1) is 15.6. The van der Waals surface area contributed by atoms with Crippen LogP contribution in [0.25, 0.3) is 0 Å². The second-order valence-corrected chi connectivity index (χ2v) is 7.08. The van der Waals surface area contributed by atoms with E-state index in [1.807, 2.05) is 11.3 Å². The van der Waals surface area contributed by atoms with Gasteiger partial charge in [0.15, 0.2) is 0 Å². The van der Waals surface area contributed by atoms with Crippen LogP contribution in [0, 0.1) is 0 Å². The van der Waals surface area contributed by atoms with Crippen molar-refractivity contribution in [3.8, 4) is 5.75 Å². The van der Waals surface area contributed by atoms with Crippen LogP contribution in [0.2, 0.25) is 0 Å². The third-order valence-electron chi connectivity index (χ3n) is 4.60. The second kappa shape index (κ2) is 7.30. The van der Waals surface area contributed by atoms with E-state index in [1.54, 1.807) is 7.11 Å². The Hall–Kier alpha value is -1.32. The van der Waals surface area contributed by atoms with Gasteiger partial charge in [-0.2, -0.15) is 0 Å². The molecule has 3 heteroatoms. The Balaban J connectivity index is 1.76. The van der Waals surface area contributed by atoms with Crippen molar-refractivity contribution in [1.82, 2.24) is 4.90 Å². The molecule has 0 spiro atoms. The Morgan fingerprint density at radius 2 is 2.18 bits per heavy atom. The Bertz CT molecular complexity index is 593. The number of benzene rings is 1. The fraction of sp³-hybridized carbons (Fsp3) is 0.474. The van der Waals surface area contributed by atoms with Gasteiger partial charge < -0.3 is 4.74 Å². The Morgan fingerprint density at radius 1 is 1.27 bits per heavy atom. The molecule has 1 aromatic carbocycles. The highest BCUT2D eigenvalue weighted by Gasteiger charge is 2.25. The molecular formula is C19H25NOS. The first-order valence-corrected chi connectivity index (χ1v) is 9.11. The molecule has 2 nitrogen and oxygen atoms in total. The minimum atomic E-state index is 0.654. The fourth-order valence-electron chi connectivity index (χ4n) is 3.54. The van der Waals surface area contributed by atoms with Crippen LogP contribution in [0.1, 0.15) is 35.8 Å². The van der Waals surface area contributed by atoms with Crippen molar-refractivity contribution in [3.05, 3.63) is 51.7 Å². The first-order valence-electron chi connectivity index (χ1n) is 8.23.